The zero-order chi connectivity index (χ0) is 14.7. The van der Waals surface area contributed by atoms with Crippen molar-refractivity contribution in [2.75, 3.05) is 18.4 Å². The van der Waals surface area contributed by atoms with Crippen molar-refractivity contribution in [1.82, 2.24) is 9.88 Å². The van der Waals surface area contributed by atoms with Gasteiger partial charge in [-0.15, -0.1) is 0 Å². The van der Waals surface area contributed by atoms with E-state index in [9.17, 15) is 9.90 Å². The number of nitrogens with one attached hydrogen (secondary N) is 1. The van der Waals surface area contributed by atoms with E-state index in [1.165, 1.54) is 0 Å². The van der Waals surface area contributed by atoms with E-state index in [-0.39, 0.29) is 6.03 Å². The van der Waals surface area contributed by atoms with Gasteiger partial charge in [-0.2, -0.15) is 0 Å². The molecule has 5 nitrogen and oxygen atoms in total. The van der Waals surface area contributed by atoms with Gasteiger partial charge in [0.25, 0.3) is 0 Å². The number of anilines is 1. The number of likely N-dealkylation sites (tertiary alicyclic amines) is 1. The van der Waals surface area contributed by atoms with E-state index in [0.29, 0.717) is 25.2 Å². The Balaban J connectivity index is 1.81. The van der Waals surface area contributed by atoms with Crippen LogP contribution in [0.4, 0.5) is 10.5 Å². The molecule has 0 bridgehead atoms. The first-order valence-electron chi connectivity index (χ1n) is 6.98. The lowest BCUT2D eigenvalue weighted by Crippen LogP contribution is -2.33. The van der Waals surface area contributed by atoms with Gasteiger partial charge in [-0.25, -0.2) is 4.79 Å². The highest BCUT2D eigenvalue weighted by atomic mass is 16.3. The van der Waals surface area contributed by atoms with Crippen molar-refractivity contribution >= 4 is 11.7 Å². The van der Waals surface area contributed by atoms with Gasteiger partial charge in [-0.3, -0.25) is 4.98 Å². The fraction of sp³-hybridized carbons (Fsp3) is 0.250. The molecule has 1 fully saturated rings. The Kier molecular flexibility index (Phi) is 3.83. The molecule has 2 N–H and O–H groups in total. The van der Waals surface area contributed by atoms with Crippen LogP contribution in [-0.4, -0.2) is 40.2 Å². The number of amides is 2. The number of aliphatic hydroxyl groups excluding tert-OH is 1. The van der Waals surface area contributed by atoms with E-state index in [4.69, 9.17) is 0 Å². The largest absolute Gasteiger partial charge is 0.391 e. The standard InChI is InChI=1S/C16H17N3O2/c20-13-8-10-19(11-13)16(21)18-14-7-4-9-17-15(14)12-5-2-1-3-6-12/h1-7,9,13,20H,8,10-11H2,(H,18,21). The molecule has 3 rings (SSSR count). The predicted molar refractivity (Wildman–Crippen MR) is 80.9 cm³/mol. The van der Waals surface area contributed by atoms with Crippen LogP contribution in [0.25, 0.3) is 11.3 Å². The summed E-state index contributed by atoms with van der Waals surface area (Å²) in [5.41, 5.74) is 2.37. The summed E-state index contributed by atoms with van der Waals surface area (Å²) in [5.74, 6) is 0. The zero-order valence-corrected chi connectivity index (χ0v) is 11.6. The number of aliphatic hydroxyl groups is 1. The lowest BCUT2D eigenvalue weighted by atomic mass is 10.1. The number of carbonyl (C=O) groups is 1. The molecule has 1 atom stereocenters. The average Bonchev–Trinajstić information content (AvgIpc) is 2.95. The van der Waals surface area contributed by atoms with Gasteiger partial charge in [0.15, 0.2) is 0 Å². The molecule has 1 aromatic heterocycles. The van der Waals surface area contributed by atoms with Crippen molar-refractivity contribution < 1.29 is 9.90 Å². The summed E-state index contributed by atoms with van der Waals surface area (Å²) < 4.78 is 0. The summed E-state index contributed by atoms with van der Waals surface area (Å²) >= 11 is 0. The summed E-state index contributed by atoms with van der Waals surface area (Å²) in [4.78, 5) is 18.2. The smallest absolute Gasteiger partial charge is 0.321 e. The second kappa shape index (κ2) is 5.93. The van der Waals surface area contributed by atoms with Crippen LogP contribution in [0.2, 0.25) is 0 Å². The SMILES string of the molecule is O=C(Nc1cccnc1-c1ccccc1)N1CCC(O)C1. The topological polar surface area (TPSA) is 65.5 Å². The highest BCUT2D eigenvalue weighted by Gasteiger charge is 2.25. The van der Waals surface area contributed by atoms with Crippen LogP contribution >= 0.6 is 0 Å². The van der Waals surface area contributed by atoms with E-state index < -0.39 is 6.10 Å². The van der Waals surface area contributed by atoms with Gasteiger partial charge < -0.3 is 15.3 Å². The molecule has 21 heavy (non-hydrogen) atoms. The molecule has 108 valence electrons. The number of urea groups is 1. The number of carbonyl (C=O) groups excluding carboxylic acids is 1. The molecule has 0 saturated carbocycles. The monoisotopic (exact) mass is 283 g/mol. The molecule has 1 unspecified atom stereocenters. The van der Waals surface area contributed by atoms with Crippen molar-refractivity contribution in [2.24, 2.45) is 0 Å². The van der Waals surface area contributed by atoms with Gasteiger partial charge in [-0.1, -0.05) is 30.3 Å². The number of aromatic nitrogens is 1. The van der Waals surface area contributed by atoms with Crippen LogP contribution in [0.3, 0.4) is 0 Å². The first-order chi connectivity index (χ1) is 10.2. The molecule has 0 radical (unpaired) electrons. The number of nitrogens with zero attached hydrogens (tertiary/aromatic N) is 2. The highest BCUT2D eigenvalue weighted by molar-refractivity contribution is 5.93. The third-order valence-electron chi connectivity index (χ3n) is 3.55. The Morgan fingerprint density at radius 1 is 1.24 bits per heavy atom. The molecule has 1 aliphatic heterocycles. The summed E-state index contributed by atoms with van der Waals surface area (Å²) in [6.07, 6.45) is 1.92. The molecular formula is C16H17N3O2. The molecule has 1 aliphatic rings. The molecule has 1 saturated heterocycles. The van der Waals surface area contributed by atoms with Crippen LogP contribution in [0.1, 0.15) is 6.42 Å². The van der Waals surface area contributed by atoms with Crippen LogP contribution in [0, 0.1) is 0 Å². The second-order valence-electron chi connectivity index (χ2n) is 5.08. The summed E-state index contributed by atoms with van der Waals surface area (Å²) in [6, 6.07) is 13.2. The third kappa shape index (κ3) is 3.03. The van der Waals surface area contributed by atoms with Crippen molar-refractivity contribution in [1.29, 1.82) is 0 Å². The fourth-order valence-corrected chi connectivity index (χ4v) is 2.45. The minimum Gasteiger partial charge on any atom is -0.391 e. The number of hydrogen-bond donors (Lipinski definition) is 2. The minimum absolute atomic E-state index is 0.197. The maximum Gasteiger partial charge on any atom is 0.321 e. The Hall–Kier alpha value is -2.40. The number of benzene rings is 1. The van der Waals surface area contributed by atoms with E-state index in [2.05, 4.69) is 10.3 Å². The van der Waals surface area contributed by atoms with Crippen LogP contribution in [0.15, 0.2) is 48.7 Å². The number of rotatable bonds is 2. The normalized spacial score (nSPS) is 17.8. The maximum atomic E-state index is 12.2. The van der Waals surface area contributed by atoms with Gasteiger partial charge in [-0.05, 0) is 18.6 Å². The molecule has 1 aromatic carbocycles. The van der Waals surface area contributed by atoms with Crippen LogP contribution in [0.5, 0.6) is 0 Å². The van der Waals surface area contributed by atoms with E-state index in [0.717, 1.165) is 11.3 Å². The lowest BCUT2D eigenvalue weighted by Gasteiger charge is -2.17. The first kappa shape index (κ1) is 13.6. The van der Waals surface area contributed by atoms with Crippen molar-refractivity contribution in [3.05, 3.63) is 48.7 Å². The Morgan fingerprint density at radius 3 is 2.76 bits per heavy atom. The van der Waals surface area contributed by atoms with Gasteiger partial charge in [0.05, 0.1) is 17.5 Å². The highest BCUT2D eigenvalue weighted by Crippen LogP contribution is 2.25. The Labute approximate surface area is 123 Å². The van der Waals surface area contributed by atoms with E-state index in [1.807, 2.05) is 36.4 Å². The van der Waals surface area contributed by atoms with Gasteiger partial charge in [0, 0.05) is 24.8 Å². The fourth-order valence-electron chi connectivity index (χ4n) is 2.45. The predicted octanol–water partition coefficient (Wildman–Crippen LogP) is 2.35. The molecular weight excluding hydrogens is 266 g/mol. The van der Waals surface area contributed by atoms with Crippen LogP contribution < -0.4 is 5.32 Å². The molecule has 2 heterocycles. The molecule has 5 heteroatoms. The van der Waals surface area contributed by atoms with Crippen LogP contribution in [-0.2, 0) is 0 Å². The number of β-amino-alcohol motifs (C(OH)–C–C–N with tert-alkyl or cyclic N) is 1. The third-order valence-corrected chi connectivity index (χ3v) is 3.55. The summed E-state index contributed by atoms with van der Waals surface area (Å²) in [6.45, 7) is 0.959. The molecule has 2 aromatic rings. The minimum atomic E-state index is -0.418. The maximum absolute atomic E-state index is 12.2. The van der Waals surface area contributed by atoms with Gasteiger partial charge in [0.1, 0.15) is 0 Å². The Bertz CT molecular complexity index is 630. The Morgan fingerprint density at radius 2 is 2.05 bits per heavy atom. The zero-order valence-electron chi connectivity index (χ0n) is 11.6. The second-order valence-corrected chi connectivity index (χ2v) is 5.08. The van der Waals surface area contributed by atoms with Crippen molar-refractivity contribution in [3.63, 3.8) is 0 Å². The molecule has 0 aliphatic carbocycles. The molecule has 2 amide bonds. The first-order valence-corrected chi connectivity index (χ1v) is 6.98. The van der Waals surface area contributed by atoms with E-state index >= 15 is 0 Å². The molecule has 0 spiro atoms. The van der Waals surface area contributed by atoms with Gasteiger partial charge in [0.2, 0.25) is 0 Å². The average molecular weight is 283 g/mol. The van der Waals surface area contributed by atoms with Crippen molar-refractivity contribution in [3.8, 4) is 11.3 Å². The van der Waals surface area contributed by atoms with Gasteiger partial charge >= 0.3 is 6.03 Å². The lowest BCUT2D eigenvalue weighted by molar-refractivity contribution is 0.176. The van der Waals surface area contributed by atoms with Crippen molar-refractivity contribution in [2.45, 2.75) is 12.5 Å². The quantitative estimate of drug-likeness (QED) is 0.889. The summed E-state index contributed by atoms with van der Waals surface area (Å²) in [7, 11) is 0. The summed E-state index contributed by atoms with van der Waals surface area (Å²) in [5, 5.41) is 12.4. The van der Waals surface area contributed by atoms with E-state index in [1.54, 1.807) is 17.2 Å². The number of hydrogen-bond acceptors (Lipinski definition) is 3. The number of pyridine rings is 1.